The van der Waals surface area contributed by atoms with Crippen LogP contribution < -0.4 is 0 Å². The van der Waals surface area contributed by atoms with Gasteiger partial charge in [0, 0.05) is 27.1 Å². The Balaban J connectivity index is 1.13. The Morgan fingerprint density at radius 2 is 0.621 bits per heavy atom. The lowest BCUT2D eigenvalue weighted by atomic mass is 9.84. The predicted octanol–water partition coefficient (Wildman–Crippen LogP) is 15.7. The molecule has 58 heavy (non-hydrogen) atoms. The highest BCUT2D eigenvalue weighted by Gasteiger charge is 2.19. The summed E-state index contributed by atoms with van der Waals surface area (Å²) in [5.74, 6) is 0. The monoisotopic (exact) mass is 735 g/mol. The number of hydrogen-bond acceptors (Lipinski definition) is 1. The lowest BCUT2D eigenvalue weighted by molar-refractivity contribution is 1.52. The number of nitrogens with zero attached hydrogens (tertiary/aromatic N) is 1. The maximum absolute atomic E-state index is 5.44. The van der Waals surface area contributed by atoms with Crippen LogP contribution in [0.2, 0.25) is 0 Å². The molecule has 0 unspecified atom stereocenters. The minimum atomic E-state index is 1.03. The summed E-state index contributed by atoms with van der Waals surface area (Å²) in [6.45, 7) is 0. The van der Waals surface area contributed by atoms with Gasteiger partial charge in [0.1, 0.15) is 0 Å². The molecule has 11 rings (SSSR count). The quantitative estimate of drug-likeness (QED) is 0.122. The number of aromatic nitrogens is 1. The van der Waals surface area contributed by atoms with Gasteiger partial charge in [-0.25, -0.2) is 4.98 Å². The summed E-state index contributed by atoms with van der Waals surface area (Å²) in [5, 5.41) is 7.04. The fourth-order valence-corrected chi connectivity index (χ4v) is 8.87. The van der Waals surface area contributed by atoms with Crippen LogP contribution in [0.25, 0.3) is 110 Å². The van der Waals surface area contributed by atoms with E-state index >= 15 is 0 Å². The third-order valence-corrected chi connectivity index (χ3v) is 11.6. The molecular formula is C57H37N. The molecule has 0 fully saturated rings. The fourth-order valence-electron chi connectivity index (χ4n) is 8.87. The first-order chi connectivity index (χ1) is 28.8. The van der Waals surface area contributed by atoms with Gasteiger partial charge < -0.3 is 0 Å². The second-order valence-electron chi connectivity index (χ2n) is 15.1. The van der Waals surface area contributed by atoms with Crippen LogP contribution >= 0.6 is 0 Å². The molecule has 1 heteroatoms. The Morgan fingerprint density at radius 3 is 1.12 bits per heavy atom. The van der Waals surface area contributed by atoms with Crippen LogP contribution in [0.3, 0.4) is 0 Å². The van der Waals surface area contributed by atoms with Gasteiger partial charge in [0.2, 0.25) is 0 Å². The normalized spacial score (nSPS) is 11.4. The van der Waals surface area contributed by atoms with Crippen molar-refractivity contribution in [3.8, 4) is 66.8 Å². The van der Waals surface area contributed by atoms with E-state index in [1.807, 2.05) is 0 Å². The molecule has 0 radical (unpaired) electrons. The van der Waals surface area contributed by atoms with Gasteiger partial charge >= 0.3 is 0 Å². The smallest absolute Gasteiger partial charge is 0.0794 e. The molecule has 270 valence electrons. The molecule has 11 aromatic rings. The van der Waals surface area contributed by atoms with Gasteiger partial charge in [-0.15, -0.1) is 0 Å². The number of rotatable bonds is 6. The van der Waals surface area contributed by atoms with Gasteiger partial charge in [-0.05, 0) is 96.2 Å². The molecule has 0 aliphatic carbocycles. The molecule has 0 saturated carbocycles. The first-order valence-electron chi connectivity index (χ1n) is 20.0. The van der Waals surface area contributed by atoms with Crippen LogP contribution in [0.5, 0.6) is 0 Å². The highest BCUT2D eigenvalue weighted by molar-refractivity contribution is 6.21. The van der Waals surface area contributed by atoms with Crippen molar-refractivity contribution in [1.82, 2.24) is 4.98 Å². The van der Waals surface area contributed by atoms with Crippen LogP contribution in [0.1, 0.15) is 0 Å². The fraction of sp³-hybridized carbons (Fsp3) is 0. The van der Waals surface area contributed by atoms with Crippen LogP contribution in [-0.4, -0.2) is 4.98 Å². The highest BCUT2D eigenvalue weighted by atomic mass is 14.7. The summed E-state index contributed by atoms with van der Waals surface area (Å²) in [6.07, 6.45) is 0. The molecule has 0 N–H and O–H groups in total. The summed E-state index contributed by atoms with van der Waals surface area (Å²) in [4.78, 5) is 5.44. The molecule has 10 aromatic carbocycles. The van der Waals surface area contributed by atoms with Crippen molar-refractivity contribution in [3.05, 3.63) is 224 Å². The lowest BCUT2D eigenvalue weighted by Gasteiger charge is -2.20. The van der Waals surface area contributed by atoms with Crippen LogP contribution in [0, 0.1) is 0 Å². The van der Waals surface area contributed by atoms with E-state index < -0.39 is 0 Å². The van der Waals surface area contributed by atoms with Gasteiger partial charge in [-0.3, -0.25) is 0 Å². The van der Waals surface area contributed by atoms with Crippen molar-refractivity contribution >= 4 is 43.4 Å². The third-order valence-electron chi connectivity index (χ3n) is 11.6. The zero-order chi connectivity index (χ0) is 38.4. The van der Waals surface area contributed by atoms with Crippen molar-refractivity contribution in [2.24, 2.45) is 0 Å². The maximum Gasteiger partial charge on any atom is 0.0794 e. The van der Waals surface area contributed by atoms with E-state index in [0.717, 1.165) is 21.8 Å². The largest absolute Gasteiger partial charge is 0.246 e. The number of benzene rings is 10. The summed E-state index contributed by atoms with van der Waals surface area (Å²) < 4.78 is 0. The molecule has 0 bridgehead atoms. The molecule has 0 spiro atoms. The number of fused-ring (bicyclic) bond motifs is 6. The molecule has 0 atom stereocenters. The summed E-state index contributed by atoms with van der Waals surface area (Å²) in [7, 11) is 0. The standard InChI is InChI=1S/C57H37N/c1-4-16-38(17-5-1)47-36-52(39-18-6-2-7-19-39)55(53(37-47)40-20-8-3-9-21-40)46-27-15-25-44(35-46)43-24-14-26-45(34-43)54-50-32-30-41-22-10-12-28-48(41)56(50)58-57-49-29-13-11-23-42(49)31-33-51(54)57/h1-37H. The Morgan fingerprint density at radius 1 is 0.224 bits per heavy atom. The lowest BCUT2D eigenvalue weighted by Crippen LogP contribution is -1.94. The molecular weight excluding hydrogens is 699 g/mol. The Labute approximate surface area is 338 Å². The average molecular weight is 736 g/mol. The SMILES string of the molecule is c1ccc(-c2cc(-c3ccccc3)c(-c3cccc(-c4cccc(-c5c6ccc7ccccc7c6nc6c5ccc5ccccc56)c4)c3)c(-c3ccccc3)c2)cc1. The molecule has 0 saturated heterocycles. The van der Waals surface area contributed by atoms with E-state index in [1.165, 1.54) is 88.3 Å². The van der Waals surface area contributed by atoms with Crippen LogP contribution in [0.4, 0.5) is 0 Å². The molecule has 1 nitrogen and oxygen atoms in total. The highest BCUT2D eigenvalue weighted by Crippen LogP contribution is 2.45. The Bertz CT molecular complexity index is 3160. The van der Waals surface area contributed by atoms with E-state index in [2.05, 4.69) is 224 Å². The Kier molecular flexibility index (Phi) is 8.23. The molecule has 0 aliphatic rings. The van der Waals surface area contributed by atoms with Crippen molar-refractivity contribution < 1.29 is 0 Å². The Hall–Kier alpha value is -7.61. The number of hydrogen-bond donors (Lipinski definition) is 0. The van der Waals surface area contributed by atoms with Crippen LogP contribution in [0.15, 0.2) is 224 Å². The predicted molar refractivity (Wildman–Crippen MR) is 247 cm³/mol. The van der Waals surface area contributed by atoms with Gasteiger partial charge in [-0.2, -0.15) is 0 Å². The van der Waals surface area contributed by atoms with Gasteiger partial charge in [0.25, 0.3) is 0 Å². The van der Waals surface area contributed by atoms with E-state index in [9.17, 15) is 0 Å². The van der Waals surface area contributed by atoms with Crippen molar-refractivity contribution in [2.45, 2.75) is 0 Å². The topological polar surface area (TPSA) is 12.9 Å². The van der Waals surface area contributed by atoms with E-state index in [0.29, 0.717) is 0 Å². The van der Waals surface area contributed by atoms with E-state index in [4.69, 9.17) is 4.98 Å². The van der Waals surface area contributed by atoms with Crippen molar-refractivity contribution in [1.29, 1.82) is 0 Å². The minimum Gasteiger partial charge on any atom is -0.246 e. The second-order valence-corrected chi connectivity index (χ2v) is 15.1. The van der Waals surface area contributed by atoms with Crippen molar-refractivity contribution in [3.63, 3.8) is 0 Å². The number of pyridine rings is 1. The molecule has 1 aromatic heterocycles. The zero-order valence-corrected chi connectivity index (χ0v) is 31.8. The molecule has 0 aliphatic heterocycles. The van der Waals surface area contributed by atoms with E-state index in [-0.39, 0.29) is 0 Å². The average Bonchev–Trinajstić information content (AvgIpc) is 3.31. The molecule has 1 heterocycles. The molecule has 0 amide bonds. The van der Waals surface area contributed by atoms with Crippen molar-refractivity contribution in [2.75, 3.05) is 0 Å². The summed E-state index contributed by atoms with van der Waals surface area (Å²) in [6, 6.07) is 81.5. The second kappa shape index (κ2) is 14.2. The van der Waals surface area contributed by atoms with Gasteiger partial charge in [-0.1, -0.05) is 200 Å². The van der Waals surface area contributed by atoms with E-state index in [1.54, 1.807) is 0 Å². The maximum atomic E-state index is 5.44. The van der Waals surface area contributed by atoms with Gasteiger partial charge in [0.15, 0.2) is 0 Å². The first-order valence-corrected chi connectivity index (χ1v) is 20.0. The van der Waals surface area contributed by atoms with Crippen LogP contribution in [-0.2, 0) is 0 Å². The summed E-state index contributed by atoms with van der Waals surface area (Å²) in [5.41, 5.74) is 16.4. The minimum absolute atomic E-state index is 1.03. The third kappa shape index (κ3) is 5.84. The first kappa shape index (κ1) is 33.7. The zero-order valence-electron chi connectivity index (χ0n) is 31.8. The summed E-state index contributed by atoms with van der Waals surface area (Å²) >= 11 is 0. The van der Waals surface area contributed by atoms with Gasteiger partial charge in [0.05, 0.1) is 11.0 Å².